The van der Waals surface area contributed by atoms with E-state index in [-0.39, 0.29) is 0 Å². The van der Waals surface area contributed by atoms with Gasteiger partial charge in [0.25, 0.3) is 0 Å². The Morgan fingerprint density at radius 2 is 1.75 bits per heavy atom. The van der Waals surface area contributed by atoms with E-state index in [9.17, 15) is 0 Å². The summed E-state index contributed by atoms with van der Waals surface area (Å²) in [5.74, 6) is 2.58. The van der Waals surface area contributed by atoms with Gasteiger partial charge in [-0.05, 0) is 50.5 Å². The summed E-state index contributed by atoms with van der Waals surface area (Å²) in [4.78, 5) is 0. The minimum absolute atomic E-state index is 0.565. The summed E-state index contributed by atoms with van der Waals surface area (Å²) >= 11 is 0. The van der Waals surface area contributed by atoms with Crippen molar-refractivity contribution in [3.05, 3.63) is 0 Å². The highest BCUT2D eigenvalue weighted by atomic mass is 16.5. The maximum absolute atomic E-state index is 5.61. The van der Waals surface area contributed by atoms with Crippen LogP contribution in [-0.2, 0) is 4.74 Å². The van der Waals surface area contributed by atoms with Crippen molar-refractivity contribution in [3.63, 3.8) is 0 Å². The Balaban J connectivity index is 2.47. The van der Waals surface area contributed by atoms with Crippen LogP contribution in [0.25, 0.3) is 0 Å². The molecular weight excluding hydrogens is 198 g/mol. The fraction of sp³-hybridized carbons (Fsp3) is 1.00. The highest BCUT2D eigenvalue weighted by Crippen LogP contribution is 2.34. The van der Waals surface area contributed by atoms with Crippen LogP contribution in [0.4, 0.5) is 0 Å². The zero-order chi connectivity index (χ0) is 12.0. The maximum Gasteiger partial charge on any atom is 0.0622 e. The van der Waals surface area contributed by atoms with E-state index in [1.54, 1.807) is 0 Å². The summed E-state index contributed by atoms with van der Waals surface area (Å²) in [6.07, 6.45) is 4.15. The van der Waals surface area contributed by atoms with E-state index >= 15 is 0 Å². The summed E-state index contributed by atoms with van der Waals surface area (Å²) in [6, 6.07) is 0.565. The summed E-state index contributed by atoms with van der Waals surface area (Å²) in [7, 11) is 0. The van der Waals surface area contributed by atoms with Crippen LogP contribution in [-0.4, -0.2) is 25.8 Å². The largest absolute Gasteiger partial charge is 0.380 e. The molecule has 1 N–H and O–H groups in total. The first kappa shape index (κ1) is 14.0. The normalized spacial score (nSPS) is 32.6. The van der Waals surface area contributed by atoms with E-state index < -0.39 is 0 Å². The Kier molecular flexibility index (Phi) is 6.37. The van der Waals surface area contributed by atoms with E-state index in [4.69, 9.17) is 4.74 Å². The molecule has 0 saturated heterocycles. The lowest BCUT2D eigenvalue weighted by Crippen LogP contribution is -2.43. The summed E-state index contributed by atoms with van der Waals surface area (Å²) in [6.45, 7) is 11.8. The predicted molar refractivity (Wildman–Crippen MR) is 69.6 cm³/mol. The van der Waals surface area contributed by atoms with Gasteiger partial charge in [0.2, 0.25) is 0 Å². The molecular formula is C14H29NO. The fourth-order valence-electron chi connectivity index (χ4n) is 3.21. The van der Waals surface area contributed by atoms with Crippen LogP contribution >= 0.6 is 0 Å². The molecule has 1 rings (SSSR count). The van der Waals surface area contributed by atoms with Gasteiger partial charge >= 0.3 is 0 Å². The molecule has 3 unspecified atom stereocenters. The van der Waals surface area contributed by atoms with Gasteiger partial charge in [-0.1, -0.05) is 20.8 Å². The molecule has 0 aromatic heterocycles. The van der Waals surface area contributed by atoms with E-state index in [1.165, 1.54) is 19.3 Å². The van der Waals surface area contributed by atoms with Gasteiger partial charge in [0.05, 0.1) is 6.61 Å². The molecule has 1 saturated carbocycles. The lowest BCUT2D eigenvalue weighted by Gasteiger charge is -2.36. The zero-order valence-corrected chi connectivity index (χ0v) is 11.5. The Bertz CT molecular complexity index is 174. The molecule has 0 radical (unpaired) electrons. The molecule has 0 aliphatic heterocycles. The standard InChI is InChI=1S/C14H29NO/c1-5-15-14(10-16-6-2)13-8-11(3)7-12(4)9-13/h11-15H,5-10H2,1-4H3. The second-order valence-electron chi connectivity index (χ2n) is 5.50. The second-order valence-corrected chi connectivity index (χ2v) is 5.50. The van der Waals surface area contributed by atoms with Crippen LogP contribution in [0.15, 0.2) is 0 Å². The molecule has 2 heteroatoms. The SMILES string of the molecule is CCNC(COCC)C1CC(C)CC(C)C1. The van der Waals surface area contributed by atoms with Crippen LogP contribution in [0.3, 0.4) is 0 Å². The van der Waals surface area contributed by atoms with Crippen LogP contribution in [0.2, 0.25) is 0 Å². The molecule has 1 aliphatic rings. The smallest absolute Gasteiger partial charge is 0.0622 e. The van der Waals surface area contributed by atoms with Gasteiger partial charge in [0.15, 0.2) is 0 Å². The first-order valence-corrected chi connectivity index (χ1v) is 6.98. The van der Waals surface area contributed by atoms with E-state index in [0.29, 0.717) is 6.04 Å². The lowest BCUT2D eigenvalue weighted by molar-refractivity contribution is 0.0780. The van der Waals surface area contributed by atoms with Gasteiger partial charge in [-0.3, -0.25) is 0 Å². The average molecular weight is 227 g/mol. The summed E-state index contributed by atoms with van der Waals surface area (Å²) in [5.41, 5.74) is 0. The molecule has 96 valence electrons. The van der Waals surface area contributed by atoms with Gasteiger partial charge in [-0.2, -0.15) is 0 Å². The Labute approximate surface area is 101 Å². The quantitative estimate of drug-likeness (QED) is 0.753. The van der Waals surface area contributed by atoms with E-state index in [2.05, 4.69) is 33.0 Å². The van der Waals surface area contributed by atoms with Crippen LogP contribution in [0.5, 0.6) is 0 Å². The van der Waals surface area contributed by atoms with Gasteiger partial charge in [0, 0.05) is 12.6 Å². The summed E-state index contributed by atoms with van der Waals surface area (Å²) in [5, 5.41) is 3.60. The highest BCUT2D eigenvalue weighted by Gasteiger charge is 2.29. The molecule has 16 heavy (non-hydrogen) atoms. The van der Waals surface area contributed by atoms with Crippen molar-refractivity contribution < 1.29 is 4.74 Å². The first-order chi connectivity index (χ1) is 7.67. The number of hydrogen-bond donors (Lipinski definition) is 1. The average Bonchev–Trinajstić information content (AvgIpc) is 2.22. The number of ether oxygens (including phenoxy) is 1. The van der Waals surface area contributed by atoms with Crippen molar-refractivity contribution in [3.8, 4) is 0 Å². The highest BCUT2D eigenvalue weighted by molar-refractivity contribution is 4.83. The van der Waals surface area contributed by atoms with Crippen LogP contribution in [0, 0.1) is 17.8 Å². The fourth-order valence-corrected chi connectivity index (χ4v) is 3.21. The van der Waals surface area contributed by atoms with E-state index in [0.717, 1.165) is 37.5 Å². The third-order valence-electron chi connectivity index (χ3n) is 3.75. The Hall–Kier alpha value is -0.0800. The molecule has 2 nitrogen and oxygen atoms in total. The van der Waals surface area contributed by atoms with Gasteiger partial charge in [0.1, 0.15) is 0 Å². The van der Waals surface area contributed by atoms with Crippen molar-refractivity contribution >= 4 is 0 Å². The molecule has 3 atom stereocenters. The number of likely N-dealkylation sites (N-methyl/N-ethyl adjacent to an activating group) is 1. The zero-order valence-electron chi connectivity index (χ0n) is 11.5. The number of hydrogen-bond acceptors (Lipinski definition) is 2. The lowest BCUT2D eigenvalue weighted by atomic mass is 9.74. The maximum atomic E-state index is 5.61. The topological polar surface area (TPSA) is 21.3 Å². The monoisotopic (exact) mass is 227 g/mol. The van der Waals surface area contributed by atoms with Crippen molar-refractivity contribution in [2.45, 2.75) is 53.0 Å². The third kappa shape index (κ3) is 4.42. The van der Waals surface area contributed by atoms with Gasteiger partial charge < -0.3 is 10.1 Å². The van der Waals surface area contributed by atoms with Crippen molar-refractivity contribution in [2.75, 3.05) is 19.8 Å². The molecule has 0 aromatic carbocycles. The van der Waals surface area contributed by atoms with E-state index in [1.807, 2.05) is 0 Å². The third-order valence-corrected chi connectivity index (χ3v) is 3.75. The minimum atomic E-state index is 0.565. The van der Waals surface area contributed by atoms with Gasteiger partial charge in [-0.15, -0.1) is 0 Å². The molecule has 0 aromatic rings. The minimum Gasteiger partial charge on any atom is -0.380 e. The Morgan fingerprint density at radius 1 is 1.12 bits per heavy atom. The molecule has 1 fully saturated rings. The van der Waals surface area contributed by atoms with Crippen molar-refractivity contribution in [1.82, 2.24) is 5.32 Å². The Morgan fingerprint density at radius 3 is 2.25 bits per heavy atom. The molecule has 1 aliphatic carbocycles. The van der Waals surface area contributed by atoms with Gasteiger partial charge in [-0.25, -0.2) is 0 Å². The van der Waals surface area contributed by atoms with Crippen molar-refractivity contribution in [1.29, 1.82) is 0 Å². The van der Waals surface area contributed by atoms with Crippen LogP contribution in [0.1, 0.15) is 47.0 Å². The summed E-state index contributed by atoms with van der Waals surface area (Å²) < 4.78 is 5.61. The second kappa shape index (κ2) is 7.29. The van der Waals surface area contributed by atoms with Crippen molar-refractivity contribution in [2.24, 2.45) is 17.8 Å². The molecule has 0 amide bonds. The first-order valence-electron chi connectivity index (χ1n) is 6.98. The molecule has 0 heterocycles. The number of nitrogens with one attached hydrogen (secondary N) is 1. The molecule has 0 spiro atoms. The number of rotatable bonds is 6. The van der Waals surface area contributed by atoms with Crippen LogP contribution < -0.4 is 5.32 Å². The molecule has 0 bridgehead atoms. The predicted octanol–water partition coefficient (Wildman–Crippen LogP) is 3.07.